The van der Waals surface area contributed by atoms with Gasteiger partial charge >= 0.3 is 5.97 Å². The maximum absolute atomic E-state index is 13.6. The first-order valence-electron chi connectivity index (χ1n) is 9.17. The SMILES string of the molecule is COC(=O)[C@@]1(Cc2ccccc2)N=C(C)O[C@]12C(=O)N(C)C(=O)c1ccccc12. The number of esters is 1. The molecule has 2 aliphatic rings. The standard InChI is InChI=1S/C22H20N2O5/c1-14-23-21(20(27)28-3,13-15-9-5-4-6-10-15)22(29-14)17-12-8-7-11-16(17)18(25)24(2)19(22)26/h4-12H,13H2,1-3H3/t21-,22-/m1/s1. The number of likely N-dealkylation sites (N-methyl/N-ethyl adjacent to an activating group) is 1. The molecule has 0 N–H and O–H groups in total. The van der Waals surface area contributed by atoms with E-state index in [0.717, 1.165) is 10.5 Å². The topological polar surface area (TPSA) is 85.3 Å². The number of imide groups is 1. The molecule has 0 radical (unpaired) electrons. The second kappa shape index (κ2) is 6.55. The summed E-state index contributed by atoms with van der Waals surface area (Å²) < 4.78 is 11.2. The zero-order valence-corrected chi connectivity index (χ0v) is 16.3. The summed E-state index contributed by atoms with van der Waals surface area (Å²) >= 11 is 0. The number of ether oxygens (including phenoxy) is 2. The maximum Gasteiger partial charge on any atom is 0.339 e. The van der Waals surface area contributed by atoms with E-state index in [-0.39, 0.29) is 12.3 Å². The van der Waals surface area contributed by atoms with Gasteiger partial charge < -0.3 is 9.47 Å². The fourth-order valence-electron chi connectivity index (χ4n) is 4.26. The summed E-state index contributed by atoms with van der Waals surface area (Å²) in [4.78, 5) is 45.1. The van der Waals surface area contributed by atoms with Gasteiger partial charge in [-0.15, -0.1) is 0 Å². The highest BCUT2D eigenvalue weighted by molar-refractivity contribution is 6.16. The van der Waals surface area contributed by atoms with E-state index >= 15 is 0 Å². The Kier molecular flexibility index (Phi) is 4.26. The molecule has 0 unspecified atom stereocenters. The van der Waals surface area contributed by atoms with Crippen molar-refractivity contribution >= 4 is 23.7 Å². The van der Waals surface area contributed by atoms with Crippen LogP contribution in [0.5, 0.6) is 0 Å². The van der Waals surface area contributed by atoms with Crippen molar-refractivity contribution in [1.29, 1.82) is 0 Å². The molecule has 2 amide bonds. The Balaban J connectivity index is 2.04. The fraction of sp³-hybridized carbons (Fsp3) is 0.273. The van der Waals surface area contributed by atoms with Crippen molar-refractivity contribution < 1.29 is 23.9 Å². The Morgan fingerprint density at radius 2 is 1.76 bits per heavy atom. The number of aliphatic imine (C=N–C) groups is 1. The summed E-state index contributed by atoms with van der Waals surface area (Å²) in [6.45, 7) is 1.59. The lowest BCUT2D eigenvalue weighted by molar-refractivity contribution is -0.168. The Morgan fingerprint density at radius 3 is 2.45 bits per heavy atom. The molecule has 2 heterocycles. The number of rotatable bonds is 3. The molecule has 2 aromatic rings. The second-order valence-electron chi connectivity index (χ2n) is 7.14. The van der Waals surface area contributed by atoms with Crippen LogP contribution in [-0.4, -0.2) is 48.3 Å². The molecule has 7 heteroatoms. The van der Waals surface area contributed by atoms with Crippen LogP contribution < -0.4 is 0 Å². The van der Waals surface area contributed by atoms with E-state index in [1.165, 1.54) is 14.2 Å². The lowest BCUT2D eigenvalue weighted by Gasteiger charge is -2.44. The minimum atomic E-state index is -1.83. The molecule has 148 valence electrons. The molecule has 2 atom stereocenters. The molecular weight excluding hydrogens is 372 g/mol. The minimum absolute atomic E-state index is 0.0694. The van der Waals surface area contributed by atoms with Crippen molar-refractivity contribution in [1.82, 2.24) is 4.90 Å². The van der Waals surface area contributed by atoms with Crippen LogP contribution in [0.3, 0.4) is 0 Å². The summed E-state index contributed by atoms with van der Waals surface area (Å²) in [5.41, 5.74) is -2.16. The third-order valence-corrected chi connectivity index (χ3v) is 5.50. The van der Waals surface area contributed by atoms with Gasteiger partial charge in [0.1, 0.15) is 0 Å². The number of carbonyl (C=O) groups excluding carboxylic acids is 3. The van der Waals surface area contributed by atoms with Gasteiger partial charge in [0, 0.05) is 31.5 Å². The van der Waals surface area contributed by atoms with Crippen molar-refractivity contribution in [2.45, 2.75) is 24.5 Å². The molecule has 0 fully saturated rings. The van der Waals surface area contributed by atoms with Gasteiger partial charge in [-0.25, -0.2) is 9.79 Å². The highest BCUT2D eigenvalue weighted by Crippen LogP contribution is 2.51. The van der Waals surface area contributed by atoms with E-state index in [1.54, 1.807) is 31.2 Å². The Labute approximate surface area is 167 Å². The number of amides is 2. The van der Waals surface area contributed by atoms with Crippen LogP contribution in [0, 0.1) is 0 Å². The van der Waals surface area contributed by atoms with E-state index in [0.29, 0.717) is 11.1 Å². The number of hydrogen-bond acceptors (Lipinski definition) is 6. The van der Waals surface area contributed by atoms with Crippen molar-refractivity contribution in [2.75, 3.05) is 14.2 Å². The first kappa shape index (κ1) is 18.9. The first-order valence-corrected chi connectivity index (χ1v) is 9.17. The molecular formula is C22H20N2O5. The number of methoxy groups -OCH3 is 1. The quantitative estimate of drug-likeness (QED) is 0.590. The third-order valence-electron chi connectivity index (χ3n) is 5.50. The molecule has 0 saturated heterocycles. The zero-order chi connectivity index (χ0) is 20.8. The average molecular weight is 392 g/mol. The van der Waals surface area contributed by atoms with E-state index in [2.05, 4.69) is 4.99 Å². The van der Waals surface area contributed by atoms with Crippen molar-refractivity contribution in [3.05, 3.63) is 71.3 Å². The van der Waals surface area contributed by atoms with Crippen LogP contribution in [0.2, 0.25) is 0 Å². The Hall–Kier alpha value is -3.48. The molecule has 0 saturated carbocycles. The number of fused-ring (bicyclic) bond motifs is 2. The molecule has 2 aliphatic heterocycles. The highest BCUT2D eigenvalue weighted by Gasteiger charge is 2.72. The third kappa shape index (κ3) is 2.43. The van der Waals surface area contributed by atoms with Gasteiger partial charge in [0.15, 0.2) is 5.90 Å². The first-order chi connectivity index (χ1) is 13.9. The van der Waals surface area contributed by atoms with Gasteiger partial charge in [0.2, 0.25) is 5.54 Å². The number of nitrogens with zero attached hydrogens (tertiary/aromatic N) is 2. The molecule has 2 aromatic carbocycles. The van der Waals surface area contributed by atoms with E-state index in [4.69, 9.17) is 9.47 Å². The molecule has 0 aliphatic carbocycles. The van der Waals surface area contributed by atoms with E-state index in [9.17, 15) is 14.4 Å². The van der Waals surface area contributed by atoms with Crippen LogP contribution in [-0.2, 0) is 31.1 Å². The normalized spacial score (nSPS) is 25.5. The van der Waals surface area contributed by atoms with Gasteiger partial charge in [-0.05, 0) is 11.6 Å². The molecule has 29 heavy (non-hydrogen) atoms. The summed E-state index contributed by atoms with van der Waals surface area (Å²) in [5, 5.41) is 0. The average Bonchev–Trinajstić information content (AvgIpc) is 3.04. The Morgan fingerprint density at radius 1 is 1.10 bits per heavy atom. The summed E-state index contributed by atoms with van der Waals surface area (Å²) in [7, 11) is 2.63. The predicted octanol–water partition coefficient (Wildman–Crippen LogP) is 2.10. The largest absolute Gasteiger partial charge is 0.467 e. The van der Waals surface area contributed by atoms with E-state index < -0.39 is 28.9 Å². The Bertz CT molecular complexity index is 1050. The van der Waals surface area contributed by atoms with Crippen molar-refractivity contribution in [3.63, 3.8) is 0 Å². The summed E-state index contributed by atoms with van der Waals surface area (Å²) in [6.07, 6.45) is 0.0694. The zero-order valence-electron chi connectivity index (χ0n) is 16.3. The molecule has 7 nitrogen and oxygen atoms in total. The minimum Gasteiger partial charge on any atom is -0.467 e. The van der Waals surface area contributed by atoms with Crippen LogP contribution in [0.1, 0.15) is 28.4 Å². The van der Waals surface area contributed by atoms with Crippen LogP contribution in [0.4, 0.5) is 0 Å². The van der Waals surface area contributed by atoms with Gasteiger partial charge in [-0.2, -0.15) is 0 Å². The number of carbonyl (C=O) groups is 3. The summed E-state index contributed by atoms with van der Waals surface area (Å²) in [6, 6.07) is 15.9. The predicted molar refractivity (Wildman–Crippen MR) is 104 cm³/mol. The van der Waals surface area contributed by atoms with Gasteiger partial charge in [0.25, 0.3) is 17.4 Å². The van der Waals surface area contributed by atoms with E-state index in [1.807, 2.05) is 30.3 Å². The lowest BCUT2D eigenvalue weighted by Crippen LogP contribution is -2.66. The molecule has 1 spiro atoms. The molecule has 0 bridgehead atoms. The lowest BCUT2D eigenvalue weighted by atomic mass is 9.68. The summed E-state index contributed by atoms with van der Waals surface area (Å²) in [5.74, 6) is -1.63. The van der Waals surface area contributed by atoms with Crippen LogP contribution >= 0.6 is 0 Å². The van der Waals surface area contributed by atoms with Crippen molar-refractivity contribution in [2.24, 2.45) is 4.99 Å². The maximum atomic E-state index is 13.6. The fourth-order valence-corrected chi connectivity index (χ4v) is 4.26. The number of benzene rings is 2. The number of hydrogen-bond donors (Lipinski definition) is 0. The van der Waals surface area contributed by atoms with Gasteiger partial charge in [-0.1, -0.05) is 48.5 Å². The van der Waals surface area contributed by atoms with Crippen LogP contribution in [0.25, 0.3) is 0 Å². The van der Waals surface area contributed by atoms with Crippen molar-refractivity contribution in [3.8, 4) is 0 Å². The smallest absolute Gasteiger partial charge is 0.339 e. The highest BCUT2D eigenvalue weighted by atomic mass is 16.6. The van der Waals surface area contributed by atoms with Crippen LogP contribution in [0.15, 0.2) is 59.6 Å². The second-order valence-corrected chi connectivity index (χ2v) is 7.14. The van der Waals surface area contributed by atoms with Gasteiger partial charge in [-0.3, -0.25) is 14.5 Å². The molecule has 4 rings (SSSR count). The molecule has 0 aromatic heterocycles. The monoisotopic (exact) mass is 392 g/mol. The van der Waals surface area contributed by atoms with Gasteiger partial charge in [0.05, 0.1) is 7.11 Å².